The summed E-state index contributed by atoms with van der Waals surface area (Å²) in [6.07, 6.45) is 0. The van der Waals surface area contributed by atoms with E-state index in [0.29, 0.717) is 11.1 Å². The maximum atomic E-state index is 15.5. The van der Waals surface area contributed by atoms with Crippen molar-refractivity contribution in [2.45, 2.75) is 6.92 Å². The van der Waals surface area contributed by atoms with Gasteiger partial charge >= 0.3 is 0 Å². The van der Waals surface area contributed by atoms with Gasteiger partial charge in [-0.05, 0) is 145 Å². The molecule has 10 aromatic carbocycles. The van der Waals surface area contributed by atoms with Gasteiger partial charge in [0, 0.05) is 72.1 Å². The van der Waals surface area contributed by atoms with Crippen LogP contribution >= 0.6 is 0 Å². The molecule has 0 saturated heterocycles. The summed E-state index contributed by atoms with van der Waals surface area (Å²) in [7, 11) is 0. The molecule has 6 heterocycles. The molecule has 8 heteroatoms. The van der Waals surface area contributed by atoms with Crippen LogP contribution in [-0.4, -0.2) is 29.1 Å². The van der Waals surface area contributed by atoms with Crippen LogP contribution in [-0.2, 0) is 0 Å². The average molecular weight is 1150 g/mol. The highest BCUT2D eigenvalue weighted by Gasteiger charge is 2.24. The van der Waals surface area contributed by atoms with Gasteiger partial charge in [0.05, 0.1) is 79.0 Å². The van der Waals surface area contributed by atoms with Crippen LogP contribution in [0.5, 0.6) is 0 Å². The Bertz CT molecular complexity index is 5110. The summed E-state index contributed by atoms with van der Waals surface area (Å²) in [5.74, 6) is -1.31. The van der Waals surface area contributed by atoms with Crippen LogP contribution in [0.2, 0.25) is 0 Å². The van der Waals surface area contributed by atoms with Crippen molar-refractivity contribution in [1.29, 1.82) is 0 Å². The molecule has 0 spiro atoms. The van der Waals surface area contributed by atoms with Gasteiger partial charge in [0.15, 0.2) is 0 Å². The Hall–Kier alpha value is -11.7. The summed E-state index contributed by atoms with van der Waals surface area (Å²) in [4.78, 5) is 21.0. The Morgan fingerprint density at radius 3 is 0.798 bits per heavy atom. The molecule has 0 aliphatic heterocycles. The number of nitrogens with zero attached hydrogens (tertiary/aromatic N) is 6. The lowest BCUT2D eigenvalue weighted by molar-refractivity contribution is 0.584. The smallest absolute Gasteiger partial charge is 0.126 e. The molecule has 6 nitrogen and oxygen atoms in total. The average Bonchev–Trinajstić information content (AvgIpc) is 1.66. The van der Waals surface area contributed by atoms with E-state index >= 15 is 8.78 Å². The van der Waals surface area contributed by atoms with Gasteiger partial charge in [-0.2, -0.15) is 0 Å². The first-order chi connectivity index (χ1) is 43.8. The minimum atomic E-state index is -0.654. The molecule has 0 aliphatic rings. The maximum absolute atomic E-state index is 15.5. The lowest BCUT2D eigenvalue weighted by Gasteiger charge is -2.20. The molecule has 0 saturated carbocycles. The standard InChI is InChI=1S/C81H52F2N6/c1-51-42-80(88-76-38-34-56(72-30-14-26-68(84-72)52-18-6-2-7-19-52)45-64(76)65-46-57(35-39-77(65)88)73-31-15-27-69(85-73)53-20-8-3-9-21-53)81(50-63(51)60-43-61(82)49-62(83)44-60)89-78-40-36-58(74-32-16-28-70(86-74)54-22-10-4-11-23-54)47-66(78)67-48-59(37-41-79(67)89)75-33-17-29-71(87-75)55-24-12-5-13-25-55/h2-50H,1H3. The van der Waals surface area contributed by atoms with Crippen molar-refractivity contribution in [3.63, 3.8) is 0 Å². The van der Waals surface area contributed by atoms with Crippen LogP contribution in [0.4, 0.5) is 8.78 Å². The Morgan fingerprint density at radius 2 is 0.506 bits per heavy atom. The number of halogens is 2. The molecule has 0 aliphatic carbocycles. The first-order valence-corrected chi connectivity index (χ1v) is 29.7. The Kier molecular flexibility index (Phi) is 13.0. The Balaban J connectivity index is 0.963. The van der Waals surface area contributed by atoms with Crippen molar-refractivity contribution in [2.75, 3.05) is 0 Å². The first kappa shape index (κ1) is 52.8. The van der Waals surface area contributed by atoms with E-state index < -0.39 is 11.6 Å². The zero-order valence-electron chi connectivity index (χ0n) is 48.2. The van der Waals surface area contributed by atoms with E-state index in [9.17, 15) is 0 Å². The quantitative estimate of drug-likeness (QED) is 0.129. The molecular weight excluding hydrogens is 1090 g/mol. The molecule has 420 valence electrons. The lowest BCUT2D eigenvalue weighted by atomic mass is 9.98. The van der Waals surface area contributed by atoms with Crippen molar-refractivity contribution < 1.29 is 8.78 Å². The fraction of sp³-hybridized carbons (Fsp3) is 0.0123. The first-order valence-electron chi connectivity index (χ1n) is 29.7. The molecule has 89 heavy (non-hydrogen) atoms. The SMILES string of the molecule is Cc1cc(-n2c3ccc(-c4cccc(-c5ccccc5)n4)cc3c3cc(-c4cccc(-c5ccccc5)n4)ccc32)c(-n2c3ccc(-c4cccc(-c5ccccc5)n4)cc3c3cc(-c4cccc(-c5ccccc5)n4)ccc32)cc1-c1cc(F)cc(F)c1. The summed E-state index contributed by atoms with van der Waals surface area (Å²) in [6.45, 7) is 2.02. The maximum Gasteiger partial charge on any atom is 0.126 e. The summed E-state index contributed by atoms with van der Waals surface area (Å²) in [5.41, 5.74) is 22.2. The zero-order valence-corrected chi connectivity index (χ0v) is 48.2. The van der Waals surface area contributed by atoms with Gasteiger partial charge in [-0.3, -0.25) is 0 Å². The molecule has 0 radical (unpaired) electrons. The largest absolute Gasteiger partial charge is 0.307 e. The highest BCUT2D eigenvalue weighted by molar-refractivity contribution is 6.14. The second-order valence-corrected chi connectivity index (χ2v) is 22.5. The van der Waals surface area contributed by atoms with Crippen molar-refractivity contribution in [3.05, 3.63) is 314 Å². The second-order valence-electron chi connectivity index (χ2n) is 22.5. The summed E-state index contributed by atoms with van der Waals surface area (Å²) < 4.78 is 35.7. The Morgan fingerprint density at radius 1 is 0.236 bits per heavy atom. The van der Waals surface area contributed by atoms with Crippen LogP contribution in [0, 0.1) is 18.6 Å². The lowest BCUT2D eigenvalue weighted by Crippen LogP contribution is -2.05. The van der Waals surface area contributed by atoms with Gasteiger partial charge in [-0.1, -0.05) is 170 Å². The van der Waals surface area contributed by atoms with Crippen molar-refractivity contribution in [3.8, 4) is 113 Å². The normalized spacial score (nSPS) is 11.5. The monoisotopic (exact) mass is 1150 g/mol. The predicted octanol–water partition coefficient (Wildman–Crippen LogP) is 21.1. The van der Waals surface area contributed by atoms with Gasteiger partial charge in [-0.15, -0.1) is 0 Å². The number of pyridine rings is 4. The third-order valence-corrected chi connectivity index (χ3v) is 17.0. The number of fused-ring (bicyclic) bond motifs is 6. The van der Waals surface area contributed by atoms with Gasteiger partial charge < -0.3 is 9.13 Å². The van der Waals surface area contributed by atoms with E-state index in [4.69, 9.17) is 19.9 Å². The van der Waals surface area contributed by atoms with Crippen molar-refractivity contribution in [1.82, 2.24) is 29.1 Å². The van der Waals surface area contributed by atoms with E-state index in [1.54, 1.807) is 0 Å². The van der Waals surface area contributed by atoms with Crippen LogP contribution in [0.3, 0.4) is 0 Å². The van der Waals surface area contributed by atoms with Crippen LogP contribution in [0.1, 0.15) is 5.56 Å². The summed E-state index contributed by atoms with van der Waals surface area (Å²) >= 11 is 0. The van der Waals surface area contributed by atoms with Crippen molar-refractivity contribution in [2.24, 2.45) is 0 Å². The minimum Gasteiger partial charge on any atom is -0.307 e. The fourth-order valence-electron chi connectivity index (χ4n) is 12.7. The zero-order chi connectivity index (χ0) is 59.5. The van der Waals surface area contributed by atoms with E-state index in [1.807, 2.05) is 91.9 Å². The fourth-order valence-corrected chi connectivity index (χ4v) is 12.7. The molecule has 6 aromatic heterocycles. The molecule has 16 rings (SSSR count). The minimum absolute atomic E-state index is 0.429. The number of hydrogen-bond acceptors (Lipinski definition) is 4. The number of aryl methyl sites for hydroxylation is 1. The predicted molar refractivity (Wildman–Crippen MR) is 360 cm³/mol. The number of hydrogen-bond donors (Lipinski definition) is 0. The molecular formula is C81H52F2N6. The molecule has 0 N–H and O–H groups in total. The van der Waals surface area contributed by atoms with Gasteiger partial charge in [0.25, 0.3) is 0 Å². The molecule has 0 fully saturated rings. The number of benzene rings is 10. The third kappa shape index (κ3) is 9.70. The van der Waals surface area contributed by atoms with E-state index in [1.165, 1.54) is 12.1 Å². The highest BCUT2D eigenvalue weighted by Crippen LogP contribution is 2.44. The van der Waals surface area contributed by atoms with Gasteiger partial charge in [-0.25, -0.2) is 28.7 Å². The molecule has 0 amide bonds. The molecule has 0 bridgehead atoms. The number of aromatic nitrogens is 6. The highest BCUT2D eigenvalue weighted by atomic mass is 19.1. The topological polar surface area (TPSA) is 61.4 Å². The van der Waals surface area contributed by atoms with Crippen LogP contribution in [0.25, 0.3) is 156 Å². The van der Waals surface area contributed by atoms with Crippen LogP contribution < -0.4 is 0 Å². The van der Waals surface area contributed by atoms with Gasteiger partial charge in [0.2, 0.25) is 0 Å². The Labute approximate surface area is 512 Å². The van der Waals surface area contributed by atoms with Crippen molar-refractivity contribution >= 4 is 43.6 Å². The van der Waals surface area contributed by atoms with E-state index in [-0.39, 0.29) is 0 Å². The summed E-state index contributed by atoms with van der Waals surface area (Å²) in [6, 6.07) is 100. The second kappa shape index (κ2) is 22.0. The molecule has 0 unspecified atom stereocenters. The van der Waals surface area contributed by atoms with E-state index in [0.717, 1.165) is 157 Å². The number of rotatable bonds is 11. The van der Waals surface area contributed by atoms with Crippen LogP contribution in [0.15, 0.2) is 297 Å². The summed E-state index contributed by atoms with van der Waals surface area (Å²) in [5, 5.41) is 4.00. The molecule has 0 atom stereocenters. The van der Waals surface area contributed by atoms with Gasteiger partial charge in [0.1, 0.15) is 11.6 Å². The third-order valence-electron chi connectivity index (χ3n) is 17.0. The molecule has 16 aromatic rings. The van der Waals surface area contributed by atoms with E-state index in [2.05, 4.69) is 203 Å².